The third-order valence-electron chi connectivity index (χ3n) is 3.91. The first-order valence-electron chi connectivity index (χ1n) is 8.42. The van der Waals surface area contributed by atoms with Gasteiger partial charge in [-0.2, -0.15) is 8.42 Å². The summed E-state index contributed by atoms with van der Waals surface area (Å²) < 4.78 is 39.7. The van der Waals surface area contributed by atoms with Gasteiger partial charge in [-0.25, -0.2) is 18.8 Å². The second kappa shape index (κ2) is 8.89. The van der Waals surface area contributed by atoms with Crippen LogP contribution in [0.5, 0.6) is 0 Å². The standard InChI is InChI=1S/C18H22FN5O3S/c1-12(2)24(4)18-17(13-5-7-14(19)8-6-13)21-11-15(22-18)9-10-16(25)23-28(26,27)20-3/h5-12,20H,1-4H3,(H,23,25)/b10-9+. The molecule has 1 amide bonds. The van der Waals surface area contributed by atoms with Crippen molar-refractivity contribution < 1.29 is 17.6 Å². The lowest BCUT2D eigenvalue weighted by atomic mass is 10.1. The maximum absolute atomic E-state index is 13.2. The van der Waals surface area contributed by atoms with Gasteiger partial charge in [0.05, 0.1) is 11.9 Å². The molecule has 0 radical (unpaired) electrons. The summed E-state index contributed by atoms with van der Waals surface area (Å²) >= 11 is 0. The zero-order chi connectivity index (χ0) is 20.9. The molecule has 2 rings (SSSR count). The number of rotatable bonds is 7. The normalized spacial score (nSPS) is 11.8. The summed E-state index contributed by atoms with van der Waals surface area (Å²) in [6.07, 6.45) is 3.86. The van der Waals surface area contributed by atoms with Crippen LogP contribution >= 0.6 is 0 Å². The quantitative estimate of drug-likeness (QED) is 0.678. The molecule has 0 atom stereocenters. The van der Waals surface area contributed by atoms with Crippen LogP contribution in [-0.4, -0.2) is 44.4 Å². The van der Waals surface area contributed by atoms with Gasteiger partial charge in [0.2, 0.25) is 0 Å². The van der Waals surface area contributed by atoms with Gasteiger partial charge < -0.3 is 4.90 Å². The van der Waals surface area contributed by atoms with E-state index in [1.54, 1.807) is 12.1 Å². The predicted octanol–water partition coefficient (Wildman–Crippen LogP) is 1.72. The Hall–Kier alpha value is -2.85. The van der Waals surface area contributed by atoms with Crippen LogP contribution in [0.3, 0.4) is 0 Å². The van der Waals surface area contributed by atoms with E-state index < -0.39 is 16.1 Å². The molecule has 0 saturated carbocycles. The largest absolute Gasteiger partial charge is 0.355 e. The van der Waals surface area contributed by atoms with Crippen molar-refractivity contribution in [3.05, 3.63) is 48.0 Å². The Morgan fingerprint density at radius 1 is 1.25 bits per heavy atom. The summed E-state index contributed by atoms with van der Waals surface area (Å²) in [5.41, 5.74) is 1.63. The maximum atomic E-state index is 13.2. The number of anilines is 1. The van der Waals surface area contributed by atoms with Crippen molar-refractivity contribution in [2.45, 2.75) is 19.9 Å². The van der Waals surface area contributed by atoms with Gasteiger partial charge in [0.15, 0.2) is 5.82 Å². The van der Waals surface area contributed by atoms with Crippen molar-refractivity contribution in [2.24, 2.45) is 0 Å². The van der Waals surface area contributed by atoms with Crippen molar-refractivity contribution in [2.75, 3.05) is 19.0 Å². The molecule has 0 saturated heterocycles. The Labute approximate surface area is 163 Å². The van der Waals surface area contributed by atoms with E-state index >= 15 is 0 Å². The van der Waals surface area contributed by atoms with E-state index in [0.717, 1.165) is 6.08 Å². The summed E-state index contributed by atoms with van der Waals surface area (Å²) in [4.78, 5) is 22.6. The second-order valence-corrected chi connectivity index (χ2v) is 7.81. The lowest BCUT2D eigenvalue weighted by Gasteiger charge is -2.25. The fourth-order valence-electron chi connectivity index (χ4n) is 2.15. The van der Waals surface area contributed by atoms with Gasteiger partial charge in [-0.3, -0.25) is 9.78 Å². The topological polar surface area (TPSA) is 104 Å². The molecule has 2 N–H and O–H groups in total. The molecule has 0 spiro atoms. The molecule has 8 nitrogen and oxygen atoms in total. The molecule has 0 aliphatic rings. The van der Waals surface area contributed by atoms with Crippen molar-refractivity contribution in [3.8, 4) is 11.3 Å². The Balaban J connectivity index is 2.38. The Morgan fingerprint density at radius 2 is 1.89 bits per heavy atom. The van der Waals surface area contributed by atoms with Crippen LogP contribution in [0.4, 0.5) is 10.2 Å². The maximum Gasteiger partial charge on any atom is 0.301 e. The van der Waals surface area contributed by atoms with E-state index in [1.165, 1.54) is 31.5 Å². The fraction of sp³-hybridized carbons (Fsp3) is 0.278. The average molecular weight is 407 g/mol. The van der Waals surface area contributed by atoms with E-state index in [9.17, 15) is 17.6 Å². The molecular weight excluding hydrogens is 385 g/mol. The molecular formula is C18H22FN5O3S. The highest BCUT2D eigenvalue weighted by molar-refractivity contribution is 7.88. The van der Waals surface area contributed by atoms with Crippen molar-refractivity contribution >= 4 is 28.0 Å². The molecule has 0 bridgehead atoms. The van der Waals surface area contributed by atoms with E-state index in [1.807, 2.05) is 35.2 Å². The Kier molecular flexibility index (Phi) is 6.81. The van der Waals surface area contributed by atoms with E-state index in [-0.39, 0.29) is 11.9 Å². The lowest BCUT2D eigenvalue weighted by Crippen LogP contribution is -2.37. The van der Waals surface area contributed by atoms with Crippen molar-refractivity contribution in [3.63, 3.8) is 0 Å². The van der Waals surface area contributed by atoms with Crippen LogP contribution in [0.15, 0.2) is 36.5 Å². The van der Waals surface area contributed by atoms with E-state index in [4.69, 9.17) is 0 Å². The van der Waals surface area contributed by atoms with Gasteiger partial charge in [0.25, 0.3) is 5.91 Å². The van der Waals surface area contributed by atoms with E-state index in [0.29, 0.717) is 22.8 Å². The Morgan fingerprint density at radius 3 is 2.46 bits per heavy atom. The Bertz CT molecular complexity index is 975. The van der Waals surface area contributed by atoms with Crippen LogP contribution in [0, 0.1) is 5.82 Å². The van der Waals surface area contributed by atoms with Crippen LogP contribution in [-0.2, 0) is 15.0 Å². The van der Waals surface area contributed by atoms with E-state index in [2.05, 4.69) is 9.97 Å². The lowest BCUT2D eigenvalue weighted by molar-refractivity contribution is -0.114. The van der Waals surface area contributed by atoms with Gasteiger partial charge in [-0.1, -0.05) is 0 Å². The highest BCUT2D eigenvalue weighted by atomic mass is 32.2. The minimum Gasteiger partial charge on any atom is -0.355 e. The highest BCUT2D eigenvalue weighted by Gasteiger charge is 2.16. The molecule has 2 aromatic rings. The third kappa shape index (κ3) is 5.57. The zero-order valence-corrected chi connectivity index (χ0v) is 16.8. The summed E-state index contributed by atoms with van der Waals surface area (Å²) in [5, 5.41) is 0. The number of benzene rings is 1. The molecule has 1 heterocycles. The summed E-state index contributed by atoms with van der Waals surface area (Å²) in [6.45, 7) is 3.96. The summed E-state index contributed by atoms with van der Waals surface area (Å²) in [7, 11) is -0.842. The summed E-state index contributed by atoms with van der Waals surface area (Å²) in [6, 6.07) is 6.02. The number of carbonyl (C=O) groups is 1. The molecule has 1 aromatic heterocycles. The van der Waals surface area contributed by atoms with Gasteiger partial charge >= 0.3 is 10.2 Å². The predicted molar refractivity (Wildman–Crippen MR) is 106 cm³/mol. The molecule has 28 heavy (non-hydrogen) atoms. The molecule has 10 heteroatoms. The molecule has 0 aliphatic carbocycles. The number of nitrogens with zero attached hydrogens (tertiary/aromatic N) is 3. The van der Waals surface area contributed by atoms with Gasteiger partial charge in [0, 0.05) is 31.8 Å². The number of carbonyl (C=O) groups excluding carboxylic acids is 1. The summed E-state index contributed by atoms with van der Waals surface area (Å²) in [5.74, 6) is -0.623. The zero-order valence-electron chi connectivity index (χ0n) is 16.0. The fourth-order valence-corrected chi connectivity index (χ4v) is 2.59. The van der Waals surface area contributed by atoms with Crippen LogP contribution < -0.4 is 14.3 Å². The number of amides is 1. The highest BCUT2D eigenvalue weighted by Crippen LogP contribution is 2.28. The molecule has 150 valence electrons. The first-order chi connectivity index (χ1) is 13.1. The molecule has 0 unspecified atom stereocenters. The number of hydrogen-bond acceptors (Lipinski definition) is 6. The number of halogens is 1. The second-order valence-electron chi connectivity index (χ2n) is 6.19. The first-order valence-corrected chi connectivity index (χ1v) is 9.90. The van der Waals surface area contributed by atoms with Gasteiger partial charge in [-0.15, -0.1) is 0 Å². The molecule has 0 fully saturated rings. The molecule has 0 aliphatic heterocycles. The average Bonchev–Trinajstić information content (AvgIpc) is 2.66. The number of aromatic nitrogens is 2. The minimum atomic E-state index is -3.88. The first kappa shape index (κ1) is 21.5. The number of hydrogen-bond donors (Lipinski definition) is 2. The van der Waals surface area contributed by atoms with Crippen LogP contribution in [0.1, 0.15) is 19.5 Å². The van der Waals surface area contributed by atoms with Crippen molar-refractivity contribution in [1.82, 2.24) is 19.4 Å². The number of nitrogens with one attached hydrogen (secondary N) is 2. The smallest absolute Gasteiger partial charge is 0.301 e. The van der Waals surface area contributed by atoms with Gasteiger partial charge in [0.1, 0.15) is 11.5 Å². The minimum absolute atomic E-state index is 0.108. The monoisotopic (exact) mass is 407 g/mol. The third-order valence-corrected chi connectivity index (χ3v) is 4.92. The van der Waals surface area contributed by atoms with Crippen LogP contribution in [0.2, 0.25) is 0 Å². The SMILES string of the molecule is CNS(=O)(=O)NC(=O)/C=C/c1cnc(-c2ccc(F)cc2)c(N(C)C(C)C)n1. The van der Waals surface area contributed by atoms with Gasteiger partial charge in [-0.05, 0) is 44.2 Å². The van der Waals surface area contributed by atoms with Crippen molar-refractivity contribution in [1.29, 1.82) is 0 Å². The molecule has 1 aromatic carbocycles. The van der Waals surface area contributed by atoms with Crippen LogP contribution in [0.25, 0.3) is 17.3 Å².